The van der Waals surface area contributed by atoms with E-state index in [1.807, 2.05) is 7.05 Å². The molecule has 2 heteroatoms. The number of nitrogens with one attached hydrogen (secondary N) is 1. The number of benzene rings is 3. The molecule has 28 heavy (non-hydrogen) atoms. The lowest BCUT2D eigenvalue weighted by Gasteiger charge is -2.19. The van der Waals surface area contributed by atoms with Gasteiger partial charge in [-0.3, -0.25) is 0 Å². The van der Waals surface area contributed by atoms with E-state index in [9.17, 15) is 0 Å². The molecule has 2 nitrogen and oxygen atoms in total. The van der Waals surface area contributed by atoms with Crippen LogP contribution in [0.15, 0.2) is 78.9 Å². The SMILES string of the molecule is CNCCOc1ccc(C2CCC(c3ccccc3)=Cc3ccccc32)cc1. The van der Waals surface area contributed by atoms with Crippen LogP contribution in [0.3, 0.4) is 0 Å². The summed E-state index contributed by atoms with van der Waals surface area (Å²) in [6, 6.07) is 28.2. The number of hydrogen-bond acceptors (Lipinski definition) is 2. The Morgan fingerprint density at radius 2 is 1.64 bits per heavy atom. The molecular formula is C26H27NO. The van der Waals surface area contributed by atoms with Crippen molar-refractivity contribution < 1.29 is 4.74 Å². The number of rotatable bonds is 6. The third-order valence-electron chi connectivity index (χ3n) is 5.45. The summed E-state index contributed by atoms with van der Waals surface area (Å²) >= 11 is 0. The van der Waals surface area contributed by atoms with E-state index in [-0.39, 0.29) is 0 Å². The highest BCUT2D eigenvalue weighted by Crippen LogP contribution is 2.39. The van der Waals surface area contributed by atoms with Gasteiger partial charge in [0.15, 0.2) is 0 Å². The Morgan fingerprint density at radius 3 is 2.43 bits per heavy atom. The van der Waals surface area contributed by atoms with Crippen LogP contribution in [0.5, 0.6) is 5.75 Å². The van der Waals surface area contributed by atoms with E-state index in [0.717, 1.165) is 25.1 Å². The number of ether oxygens (including phenoxy) is 1. The predicted molar refractivity (Wildman–Crippen MR) is 118 cm³/mol. The summed E-state index contributed by atoms with van der Waals surface area (Å²) in [4.78, 5) is 0. The molecule has 0 radical (unpaired) electrons. The van der Waals surface area contributed by atoms with Crippen molar-refractivity contribution in [1.82, 2.24) is 5.32 Å². The second-order valence-electron chi connectivity index (χ2n) is 7.28. The van der Waals surface area contributed by atoms with Crippen molar-refractivity contribution in [3.05, 3.63) is 101 Å². The van der Waals surface area contributed by atoms with Gasteiger partial charge in [0.1, 0.15) is 12.4 Å². The van der Waals surface area contributed by atoms with Gasteiger partial charge < -0.3 is 10.1 Å². The van der Waals surface area contributed by atoms with Gasteiger partial charge in [-0.15, -0.1) is 0 Å². The van der Waals surface area contributed by atoms with E-state index in [2.05, 4.69) is 90.3 Å². The Hall–Kier alpha value is -2.84. The molecule has 0 fully saturated rings. The molecule has 1 atom stereocenters. The van der Waals surface area contributed by atoms with Crippen LogP contribution >= 0.6 is 0 Å². The minimum absolute atomic E-state index is 0.403. The predicted octanol–water partition coefficient (Wildman–Crippen LogP) is 5.75. The van der Waals surface area contributed by atoms with Crippen molar-refractivity contribution >= 4 is 11.6 Å². The van der Waals surface area contributed by atoms with Crippen LogP contribution in [0, 0.1) is 0 Å². The maximum Gasteiger partial charge on any atom is 0.119 e. The highest BCUT2D eigenvalue weighted by atomic mass is 16.5. The average Bonchev–Trinajstić information content (AvgIpc) is 2.95. The van der Waals surface area contributed by atoms with Crippen LogP contribution in [0.2, 0.25) is 0 Å². The van der Waals surface area contributed by atoms with Gasteiger partial charge in [0.2, 0.25) is 0 Å². The van der Waals surface area contributed by atoms with E-state index in [1.54, 1.807) is 0 Å². The quantitative estimate of drug-likeness (QED) is 0.559. The first-order valence-electron chi connectivity index (χ1n) is 10.1. The normalized spacial score (nSPS) is 16.0. The topological polar surface area (TPSA) is 21.3 Å². The Labute approximate surface area is 167 Å². The molecule has 0 amide bonds. The van der Waals surface area contributed by atoms with Gasteiger partial charge in [-0.2, -0.15) is 0 Å². The molecule has 3 aromatic carbocycles. The lowest BCUT2D eigenvalue weighted by Crippen LogP contribution is -2.15. The van der Waals surface area contributed by atoms with Gasteiger partial charge in [-0.05, 0) is 59.8 Å². The third kappa shape index (κ3) is 4.18. The van der Waals surface area contributed by atoms with Crippen molar-refractivity contribution in [3.63, 3.8) is 0 Å². The summed E-state index contributed by atoms with van der Waals surface area (Å²) < 4.78 is 5.78. The summed E-state index contributed by atoms with van der Waals surface area (Å²) in [5, 5.41) is 3.11. The molecule has 3 aromatic rings. The molecule has 1 aliphatic rings. The van der Waals surface area contributed by atoms with E-state index >= 15 is 0 Å². The zero-order valence-corrected chi connectivity index (χ0v) is 16.4. The largest absolute Gasteiger partial charge is 0.492 e. The Balaban J connectivity index is 1.60. The number of hydrogen-bond donors (Lipinski definition) is 1. The summed E-state index contributed by atoms with van der Waals surface area (Å²) in [6.07, 6.45) is 4.56. The molecule has 0 spiro atoms. The summed E-state index contributed by atoms with van der Waals surface area (Å²) in [6.45, 7) is 1.54. The van der Waals surface area contributed by atoms with Gasteiger partial charge in [0, 0.05) is 12.5 Å². The number of allylic oxidation sites excluding steroid dienone is 1. The maximum absolute atomic E-state index is 5.78. The van der Waals surface area contributed by atoms with Gasteiger partial charge in [-0.1, -0.05) is 72.8 Å². The second-order valence-corrected chi connectivity index (χ2v) is 7.28. The fraction of sp³-hybridized carbons (Fsp3) is 0.231. The Kier molecular flexibility index (Phi) is 5.89. The van der Waals surface area contributed by atoms with Gasteiger partial charge >= 0.3 is 0 Å². The molecule has 0 saturated carbocycles. The Morgan fingerprint density at radius 1 is 0.893 bits per heavy atom. The first kappa shape index (κ1) is 18.5. The maximum atomic E-state index is 5.78. The molecule has 1 N–H and O–H groups in total. The van der Waals surface area contributed by atoms with Crippen LogP contribution in [0.4, 0.5) is 0 Å². The van der Waals surface area contributed by atoms with E-state index < -0.39 is 0 Å². The monoisotopic (exact) mass is 369 g/mol. The van der Waals surface area contributed by atoms with Crippen molar-refractivity contribution in [2.45, 2.75) is 18.8 Å². The van der Waals surface area contributed by atoms with Crippen LogP contribution in [0.1, 0.15) is 41.0 Å². The van der Waals surface area contributed by atoms with E-state index in [4.69, 9.17) is 4.74 Å². The molecule has 1 unspecified atom stereocenters. The molecule has 0 saturated heterocycles. The molecule has 0 bridgehead atoms. The van der Waals surface area contributed by atoms with Crippen LogP contribution in [-0.4, -0.2) is 20.2 Å². The highest BCUT2D eigenvalue weighted by Gasteiger charge is 2.21. The fourth-order valence-electron chi connectivity index (χ4n) is 3.97. The second kappa shape index (κ2) is 8.90. The van der Waals surface area contributed by atoms with Gasteiger partial charge in [0.25, 0.3) is 0 Å². The molecule has 0 heterocycles. The molecule has 4 rings (SSSR count). The molecule has 142 valence electrons. The summed E-state index contributed by atoms with van der Waals surface area (Å²) in [5.74, 6) is 1.34. The van der Waals surface area contributed by atoms with Gasteiger partial charge in [0.05, 0.1) is 0 Å². The first-order valence-corrected chi connectivity index (χ1v) is 10.1. The standard InChI is InChI=1S/C26H27NO/c1-27-17-18-28-24-14-11-21(12-15-24)26-16-13-22(20-7-3-2-4-8-20)19-23-9-5-6-10-25(23)26/h2-12,14-15,19,26-27H,13,16-18H2,1H3. The van der Waals surface area contributed by atoms with Crippen LogP contribution in [0.25, 0.3) is 11.6 Å². The van der Waals surface area contributed by atoms with E-state index in [1.165, 1.54) is 27.8 Å². The fourth-order valence-corrected chi connectivity index (χ4v) is 3.97. The van der Waals surface area contributed by atoms with Crippen molar-refractivity contribution in [1.29, 1.82) is 0 Å². The number of fused-ring (bicyclic) bond motifs is 1. The number of likely N-dealkylation sites (N-methyl/N-ethyl adjacent to an activating group) is 1. The summed E-state index contributed by atoms with van der Waals surface area (Å²) in [5.41, 5.74) is 6.85. The van der Waals surface area contributed by atoms with Crippen molar-refractivity contribution in [2.75, 3.05) is 20.2 Å². The Bertz CT molecular complexity index is 928. The minimum atomic E-state index is 0.403. The van der Waals surface area contributed by atoms with E-state index in [0.29, 0.717) is 12.5 Å². The lowest BCUT2D eigenvalue weighted by atomic mass is 9.86. The van der Waals surface area contributed by atoms with Crippen molar-refractivity contribution in [3.8, 4) is 5.75 Å². The van der Waals surface area contributed by atoms with Gasteiger partial charge in [-0.25, -0.2) is 0 Å². The zero-order valence-electron chi connectivity index (χ0n) is 16.4. The lowest BCUT2D eigenvalue weighted by molar-refractivity contribution is 0.318. The zero-order chi connectivity index (χ0) is 19.2. The third-order valence-corrected chi connectivity index (χ3v) is 5.45. The van der Waals surface area contributed by atoms with Crippen LogP contribution < -0.4 is 10.1 Å². The average molecular weight is 370 g/mol. The molecule has 1 aliphatic carbocycles. The highest BCUT2D eigenvalue weighted by molar-refractivity contribution is 5.83. The molecular weight excluding hydrogens is 342 g/mol. The molecule has 0 aliphatic heterocycles. The first-order chi connectivity index (χ1) is 13.8. The van der Waals surface area contributed by atoms with Crippen molar-refractivity contribution in [2.24, 2.45) is 0 Å². The minimum Gasteiger partial charge on any atom is -0.492 e. The smallest absolute Gasteiger partial charge is 0.119 e. The summed E-state index contributed by atoms with van der Waals surface area (Å²) in [7, 11) is 1.94. The molecule has 0 aromatic heterocycles. The van der Waals surface area contributed by atoms with Crippen LogP contribution in [-0.2, 0) is 0 Å².